The number of allylic oxidation sites excluding steroid dienone is 2. The molecule has 0 radical (unpaired) electrons. The molecule has 0 saturated carbocycles. The number of rotatable bonds is 7. The first-order valence-electron chi connectivity index (χ1n) is 10.8. The number of hydrogen-bond acceptors (Lipinski definition) is 3. The summed E-state index contributed by atoms with van der Waals surface area (Å²) < 4.78 is 18.5. The highest BCUT2D eigenvalue weighted by molar-refractivity contribution is 6.70. The molecule has 0 aromatic rings. The van der Waals surface area contributed by atoms with Crippen LogP contribution in [0.5, 0.6) is 0 Å². The summed E-state index contributed by atoms with van der Waals surface area (Å²) in [4.78, 5) is 0. The molecule has 25 heavy (non-hydrogen) atoms. The highest BCUT2D eigenvalue weighted by Gasteiger charge is 2.58. The molecular weight excluding hydrogens is 328 g/mol. The molecule has 0 bridgehead atoms. The van der Waals surface area contributed by atoms with E-state index in [9.17, 15) is 0 Å². The molecule has 1 aliphatic carbocycles. The van der Waals surface area contributed by atoms with Crippen LogP contribution in [0.25, 0.3) is 0 Å². The fourth-order valence-electron chi connectivity index (χ4n) is 4.22. The maximum Gasteiger partial charge on any atom is 0.371 e. The van der Waals surface area contributed by atoms with Gasteiger partial charge in [-0.05, 0) is 65.3 Å². The van der Waals surface area contributed by atoms with Crippen molar-refractivity contribution < 1.29 is 13.6 Å². The summed E-state index contributed by atoms with van der Waals surface area (Å²) in [7, 11) is -2.21. The van der Waals surface area contributed by atoms with Crippen molar-refractivity contribution in [1.29, 1.82) is 0 Å². The third-order valence-corrected chi connectivity index (χ3v) is 10.1. The fraction of sp³-hybridized carbons (Fsp3) is 0.905. The van der Waals surface area contributed by atoms with Crippen LogP contribution >= 0.6 is 0 Å². The largest absolute Gasteiger partial charge is 0.393 e. The van der Waals surface area contributed by atoms with Gasteiger partial charge in [-0.15, -0.1) is 0 Å². The lowest BCUT2D eigenvalue weighted by Gasteiger charge is -2.49. The SMILES string of the molecule is C1=CCCCCCC1.CCOC1(CC)CCCC[Si]1(OCC)OCC. The van der Waals surface area contributed by atoms with Crippen molar-refractivity contribution in [3.8, 4) is 0 Å². The second-order valence-corrected chi connectivity index (χ2v) is 10.6. The Labute approximate surface area is 157 Å². The first-order valence-corrected chi connectivity index (χ1v) is 12.8. The minimum Gasteiger partial charge on any atom is -0.393 e. The molecule has 0 amide bonds. The van der Waals surface area contributed by atoms with Crippen LogP contribution in [0.15, 0.2) is 12.2 Å². The van der Waals surface area contributed by atoms with E-state index in [1.165, 1.54) is 51.4 Å². The molecule has 1 saturated heterocycles. The average Bonchev–Trinajstić information content (AvgIpc) is 2.58. The first-order chi connectivity index (χ1) is 12.2. The van der Waals surface area contributed by atoms with Gasteiger partial charge in [0.15, 0.2) is 0 Å². The quantitative estimate of drug-likeness (QED) is 0.388. The summed E-state index contributed by atoms with van der Waals surface area (Å²) in [5, 5.41) is -0.119. The lowest BCUT2D eigenvalue weighted by Crippen LogP contribution is -2.65. The predicted molar refractivity (Wildman–Crippen MR) is 109 cm³/mol. The van der Waals surface area contributed by atoms with Crippen LogP contribution in [0.2, 0.25) is 6.04 Å². The van der Waals surface area contributed by atoms with Crippen LogP contribution < -0.4 is 0 Å². The zero-order valence-electron chi connectivity index (χ0n) is 17.3. The Hall–Kier alpha value is -0.163. The molecule has 3 nitrogen and oxygen atoms in total. The van der Waals surface area contributed by atoms with Gasteiger partial charge < -0.3 is 13.6 Å². The molecule has 0 N–H and O–H groups in total. The Bertz CT molecular complexity index is 334. The van der Waals surface area contributed by atoms with Crippen LogP contribution in [0, 0.1) is 0 Å². The standard InChI is InChI=1S/C13H28O3Si.C8H14/c1-5-13(14-6-2)11-9-10-12-17(13,15-7-3)16-8-4;1-2-4-6-8-7-5-3-1/h5-12H2,1-4H3;1-2H,3-8H2. The fourth-order valence-corrected chi connectivity index (χ4v) is 8.68. The van der Waals surface area contributed by atoms with Gasteiger partial charge in [-0.3, -0.25) is 0 Å². The Morgan fingerprint density at radius 2 is 1.36 bits per heavy atom. The van der Waals surface area contributed by atoms with E-state index in [0.29, 0.717) is 0 Å². The number of ether oxygens (including phenoxy) is 1. The van der Waals surface area contributed by atoms with Gasteiger partial charge >= 0.3 is 8.56 Å². The summed E-state index contributed by atoms with van der Waals surface area (Å²) >= 11 is 0. The molecule has 1 aliphatic heterocycles. The van der Waals surface area contributed by atoms with Crippen molar-refractivity contribution in [2.24, 2.45) is 0 Å². The highest BCUT2D eigenvalue weighted by Crippen LogP contribution is 2.42. The van der Waals surface area contributed by atoms with Gasteiger partial charge in [0, 0.05) is 19.8 Å². The molecule has 1 atom stereocenters. The molecule has 0 spiro atoms. The molecular formula is C21H42O3Si. The van der Waals surface area contributed by atoms with Crippen LogP contribution in [0.3, 0.4) is 0 Å². The molecule has 148 valence electrons. The molecule has 0 aromatic carbocycles. The topological polar surface area (TPSA) is 27.7 Å². The monoisotopic (exact) mass is 370 g/mol. The van der Waals surface area contributed by atoms with Gasteiger partial charge in [0.05, 0.1) is 0 Å². The Morgan fingerprint density at radius 1 is 0.760 bits per heavy atom. The molecule has 1 unspecified atom stereocenters. The van der Waals surface area contributed by atoms with Crippen molar-refractivity contribution in [3.63, 3.8) is 0 Å². The van der Waals surface area contributed by atoms with Crippen molar-refractivity contribution in [1.82, 2.24) is 0 Å². The van der Waals surface area contributed by atoms with Gasteiger partial charge in [-0.25, -0.2) is 0 Å². The maximum absolute atomic E-state index is 6.16. The van der Waals surface area contributed by atoms with Crippen molar-refractivity contribution in [3.05, 3.63) is 12.2 Å². The third kappa shape index (κ3) is 6.82. The van der Waals surface area contributed by atoms with E-state index < -0.39 is 8.56 Å². The van der Waals surface area contributed by atoms with Gasteiger partial charge in [-0.1, -0.05) is 44.8 Å². The summed E-state index contributed by atoms with van der Waals surface area (Å²) in [6, 6.07) is 1.09. The molecule has 4 heteroatoms. The Kier molecular flexibility index (Phi) is 12.0. The zero-order valence-corrected chi connectivity index (χ0v) is 18.3. The van der Waals surface area contributed by atoms with Gasteiger partial charge in [0.2, 0.25) is 0 Å². The first kappa shape index (κ1) is 22.9. The average molecular weight is 371 g/mol. The summed E-state index contributed by atoms with van der Waals surface area (Å²) in [6.07, 6.45) is 17.6. The van der Waals surface area contributed by atoms with E-state index in [-0.39, 0.29) is 5.22 Å². The van der Waals surface area contributed by atoms with E-state index in [4.69, 9.17) is 13.6 Å². The summed E-state index contributed by atoms with van der Waals surface area (Å²) in [6.45, 7) is 10.6. The lowest BCUT2D eigenvalue weighted by atomic mass is 10.1. The van der Waals surface area contributed by atoms with E-state index in [1.54, 1.807) is 0 Å². The van der Waals surface area contributed by atoms with Crippen LogP contribution in [0.1, 0.15) is 91.9 Å². The normalized spacial score (nSPS) is 26.2. The van der Waals surface area contributed by atoms with Crippen LogP contribution in [-0.4, -0.2) is 33.6 Å². The second kappa shape index (κ2) is 13.1. The van der Waals surface area contributed by atoms with E-state index in [1.807, 2.05) is 0 Å². The molecule has 1 heterocycles. The second-order valence-electron chi connectivity index (χ2n) is 7.07. The molecule has 2 rings (SSSR count). The Morgan fingerprint density at radius 3 is 1.84 bits per heavy atom. The van der Waals surface area contributed by atoms with E-state index in [2.05, 4.69) is 39.8 Å². The summed E-state index contributed by atoms with van der Waals surface area (Å²) in [5.74, 6) is 0. The summed E-state index contributed by atoms with van der Waals surface area (Å²) in [5.41, 5.74) is 0. The smallest absolute Gasteiger partial charge is 0.371 e. The third-order valence-electron chi connectivity index (χ3n) is 5.44. The number of hydrogen-bond donors (Lipinski definition) is 0. The van der Waals surface area contributed by atoms with Gasteiger partial charge in [0.1, 0.15) is 5.22 Å². The van der Waals surface area contributed by atoms with Gasteiger partial charge in [-0.2, -0.15) is 0 Å². The molecule has 0 aromatic heterocycles. The lowest BCUT2D eigenvalue weighted by molar-refractivity contribution is -0.0426. The van der Waals surface area contributed by atoms with E-state index in [0.717, 1.165) is 38.7 Å². The predicted octanol–water partition coefficient (Wildman–Crippen LogP) is 6.31. The molecule has 1 fully saturated rings. The van der Waals surface area contributed by atoms with Crippen LogP contribution in [0.4, 0.5) is 0 Å². The minimum absolute atomic E-state index is 0.119. The maximum atomic E-state index is 6.16. The van der Waals surface area contributed by atoms with Crippen molar-refractivity contribution in [2.45, 2.75) is 103 Å². The minimum atomic E-state index is -2.21. The molecule has 2 aliphatic rings. The van der Waals surface area contributed by atoms with Crippen LogP contribution in [-0.2, 0) is 13.6 Å². The van der Waals surface area contributed by atoms with Gasteiger partial charge in [0.25, 0.3) is 0 Å². The van der Waals surface area contributed by atoms with E-state index >= 15 is 0 Å². The zero-order chi connectivity index (χ0) is 18.4. The van der Waals surface area contributed by atoms with Crippen molar-refractivity contribution in [2.75, 3.05) is 19.8 Å². The van der Waals surface area contributed by atoms with Crippen molar-refractivity contribution >= 4 is 8.56 Å². The highest BCUT2D eigenvalue weighted by atomic mass is 28.4. The Balaban J connectivity index is 0.000000324.